The van der Waals surface area contributed by atoms with Crippen LogP contribution in [0, 0.1) is 0 Å². The van der Waals surface area contributed by atoms with Gasteiger partial charge < -0.3 is 10.3 Å². The van der Waals surface area contributed by atoms with Crippen LogP contribution < -0.4 is 10.0 Å². The van der Waals surface area contributed by atoms with E-state index < -0.39 is 10.0 Å². The number of carbonyl (C=O) groups excluding carboxylic acids is 1. The maximum Gasteiger partial charge on any atom is 0.263 e. The van der Waals surface area contributed by atoms with Crippen LogP contribution in [0.3, 0.4) is 0 Å². The van der Waals surface area contributed by atoms with Gasteiger partial charge in [-0.2, -0.15) is 0 Å². The normalized spacial score (nSPS) is 11.4. The summed E-state index contributed by atoms with van der Waals surface area (Å²) < 4.78 is 27.1. The molecule has 9 heteroatoms. The summed E-state index contributed by atoms with van der Waals surface area (Å²) >= 11 is 1.14. The van der Waals surface area contributed by atoms with Crippen molar-refractivity contribution in [3.8, 4) is 0 Å². The van der Waals surface area contributed by atoms with E-state index in [0.29, 0.717) is 11.4 Å². The number of fused-ring (bicyclic) bond motifs is 1. The minimum absolute atomic E-state index is 0.0503. The first-order chi connectivity index (χ1) is 13.5. The first-order valence-electron chi connectivity index (χ1n) is 8.39. The van der Waals surface area contributed by atoms with E-state index >= 15 is 0 Å². The number of carbonyl (C=O) groups is 1. The number of nitrogens with zero attached hydrogens (tertiary/aromatic N) is 1. The van der Waals surface area contributed by atoms with Gasteiger partial charge in [0.1, 0.15) is 0 Å². The minimum atomic E-state index is -3.70. The van der Waals surface area contributed by atoms with Crippen molar-refractivity contribution in [2.75, 3.05) is 10.0 Å². The maximum absolute atomic E-state index is 12.3. The number of aromatic amines is 1. The Labute approximate surface area is 165 Å². The number of sulfonamides is 1. The van der Waals surface area contributed by atoms with Crippen molar-refractivity contribution < 1.29 is 13.2 Å². The average Bonchev–Trinajstić information content (AvgIpc) is 3.31. The molecule has 0 bridgehead atoms. The fourth-order valence-electron chi connectivity index (χ4n) is 2.71. The highest BCUT2D eigenvalue weighted by molar-refractivity contribution is 7.93. The van der Waals surface area contributed by atoms with Gasteiger partial charge in [0.25, 0.3) is 10.0 Å². The molecule has 1 amide bonds. The fourth-order valence-corrected chi connectivity index (χ4v) is 4.69. The number of hydrogen-bond acceptors (Lipinski definition) is 5. The Balaban J connectivity index is 1.40. The van der Waals surface area contributed by atoms with Crippen molar-refractivity contribution in [1.29, 1.82) is 0 Å². The van der Waals surface area contributed by atoms with Gasteiger partial charge in [0, 0.05) is 28.2 Å². The Hall–Kier alpha value is -3.17. The van der Waals surface area contributed by atoms with Crippen LogP contribution in [0.1, 0.15) is 5.69 Å². The van der Waals surface area contributed by atoms with Crippen LogP contribution in [0.15, 0.2) is 71.1 Å². The van der Waals surface area contributed by atoms with Gasteiger partial charge in [-0.1, -0.05) is 18.2 Å². The molecule has 3 N–H and O–H groups in total. The largest absolute Gasteiger partial charge is 0.361 e. The predicted octanol–water partition coefficient (Wildman–Crippen LogP) is 3.61. The van der Waals surface area contributed by atoms with Crippen molar-refractivity contribution >= 4 is 49.0 Å². The molecule has 0 aliphatic heterocycles. The molecule has 0 fully saturated rings. The molecular formula is C19H16N4O3S2. The third kappa shape index (κ3) is 4.05. The Morgan fingerprint density at radius 2 is 1.93 bits per heavy atom. The van der Waals surface area contributed by atoms with Crippen molar-refractivity contribution in [2.45, 2.75) is 11.3 Å². The highest BCUT2D eigenvalue weighted by Gasteiger charge is 2.16. The number of amides is 1. The summed E-state index contributed by atoms with van der Waals surface area (Å²) in [6.45, 7) is 0. The van der Waals surface area contributed by atoms with Crippen LogP contribution in [-0.2, 0) is 21.2 Å². The van der Waals surface area contributed by atoms with Gasteiger partial charge in [0.05, 0.1) is 17.0 Å². The average molecular weight is 412 g/mol. The zero-order valence-corrected chi connectivity index (χ0v) is 16.2. The second kappa shape index (κ2) is 7.45. The quantitative estimate of drug-likeness (QED) is 0.450. The fraction of sp³-hybridized carbons (Fsp3) is 0.0526. The topological polar surface area (TPSA) is 104 Å². The molecule has 2 aromatic carbocycles. The molecule has 0 aliphatic rings. The van der Waals surface area contributed by atoms with Crippen LogP contribution in [-0.4, -0.2) is 24.3 Å². The molecule has 0 saturated heterocycles. The SMILES string of the molecule is O=C(Cc1csc(NS(=O)(=O)c2ccccc2)n1)Nc1ccc2[nH]ccc2c1. The van der Waals surface area contributed by atoms with Gasteiger partial charge >= 0.3 is 0 Å². The molecule has 2 aromatic heterocycles. The second-order valence-electron chi connectivity index (χ2n) is 6.07. The molecule has 28 heavy (non-hydrogen) atoms. The highest BCUT2D eigenvalue weighted by Crippen LogP contribution is 2.21. The zero-order valence-electron chi connectivity index (χ0n) is 14.5. The van der Waals surface area contributed by atoms with Crippen LogP contribution >= 0.6 is 11.3 Å². The first-order valence-corrected chi connectivity index (χ1v) is 10.8. The summed E-state index contributed by atoms with van der Waals surface area (Å²) in [5, 5.41) is 5.72. The number of H-pyrrole nitrogens is 1. The van der Waals surface area contributed by atoms with Gasteiger partial charge in [-0.15, -0.1) is 11.3 Å². The molecular weight excluding hydrogens is 396 g/mol. The van der Waals surface area contributed by atoms with E-state index in [1.54, 1.807) is 23.6 Å². The molecule has 142 valence electrons. The lowest BCUT2D eigenvalue weighted by atomic mass is 10.2. The van der Waals surface area contributed by atoms with E-state index in [0.717, 1.165) is 22.2 Å². The maximum atomic E-state index is 12.3. The smallest absolute Gasteiger partial charge is 0.263 e. The van der Waals surface area contributed by atoms with E-state index in [1.807, 2.05) is 30.5 Å². The number of nitrogens with one attached hydrogen (secondary N) is 3. The lowest BCUT2D eigenvalue weighted by Crippen LogP contribution is -2.15. The van der Waals surface area contributed by atoms with Gasteiger partial charge in [-0.3, -0.25) is 9.52 Å². The summed E-state index contributed by atoms with van der Waals surface area (Å²) in [5.74, 6) is -0.224. The number of anilines is 2. The summed E-state index contributed by atoms with van der Waals surface area (Å²) in [5.41, 5.74) is 2.18. The van der Waals surface area contributed by atoms with Gasteiger partial charge in [0.2, 0.25) is 5.91 Å². The molecule has 2 heterocycles. The molecule has 0 radical (unpaired) electrons. The number of rotatable bonds is 6. The van der Waals surface area contributed by atoms with E-state index in [2.05, 4.69) is 20.0 Å². The van der Waals surface area contributed by atoms with E-state index in [9.17, 15) is 13.2 Å². The number of aromatic nitrogens is 2. The Morgan fingerprint density at radius 1 is 1.11 bits per heavy atom. The summed E-state index contributed by atoms with van der Waals surface area (Å²) in [6.07, 6.45) is 1.89. The predicted molar refractivity (Wildman–Crippen MR) is 110 cm³/mol. The second-order valence-corrected chi connectivity index (χ2v) is 8.61. The number of hydrogen-bond donors (Lipinski definition) is 3. The molecule has 4 rings (SSSR count). The molecule has 0 aliphatic carbocycles. The third-order valence-electron chi connectivity index (χ3n) is 4.01. The van der Waals surface area contributed by atoms with Crippen molar-refractivity contribution in [3.63, 3.8) is 0 Å². The van der Waals surface area contributed by atoms with Crippen molar-refractivity contribution in [1.82, 2.24) is 9.97 Å². The van der Waals surface area contributed by atoms with Gasteiger partial charge in [-0.25, -0.2) is 13.4 Å². The Kier molecular flexibility index (Phi) is 4.84. The van der Waals surface area contributed by atoms with Crippen LogP contribution in [0.4, 0.5) is 10.8 Å². The van der Waals surface area contributed by atoms with Crippen molar-refractivity contribution in [3.05, 3.63) is 71.9 Å². The van der Waals surface area contributed by atoms with E-state index in [1.165, 1.54) is 12.1 Å². The van der Waals surface area contributed by atoms with Crippen LogP contribution in [0.2, 0.25) is 0 Å². The monoisotopic (exact) mass is 412 g/mol. The highest BCUT2D eigenvalue weighted by atomic mass is 32.2. The third-order valence-corrected chi connectivity index (χ3v) is 6.30. The molecule has 0 saturated carbocycles. The van der Waals surface area contributed by atoms with Crippen LogP contribution in [0.25, 0.3) is 10.9 Å². The summed E-state index contributed by atoms with van der Waals surface area (Å²) in [7, 11) is -3.70. The zero-order chi connectivity index (χ0) is 19.6. The Bertz CT molecular complexity index is 1230. The number of thiazole rings is 1. The summed E-state index contributed by atoms with van der Waals surface area (Å²) in [4.78, 5) is 19.7. The molecule has 4 aromatic rings. The lowest BCUT2D eigenvalue weighted by molar-refractivity contribution is -0.115. The number of benzene rings is 2. The van der Waals surface area contributed by atoms with Crippen LogP contribution in [0.5, 0.6) is 0 Å². The Morgan fingerprint density at radius 3 is 2.75 bits per heavy atom. The van der Waals surface area contributed by atoms with Gasteiger partial charge in [0.15, 0.2) is 5.13 Å². The molecule has 0 spiro atoms. The van der Waals surface area contributed by atoms with E-state index in [4.69, 9.17) is 0 Å². The first kappa shape index (κ1) is 18.2. The molecule has 0 atom stereocenters. The molecule has 0 unspecified atom stereocenters. The lowest BCUT2D eigenvalue weighted by Gasteiger charge is -2.05. The van der Waals surface area contributed by atoms with Gasteiger partial charge in [-0.05, 0) is 36.4 Å². The minimum Gasteiger partial charge on any atom is -0.361 e. The summed E-state index contributed by atoms with van der Waals surface area (Å²) in [6, 6.07) is 15.6. The molecule has 7 nitrogen and oxygen atoms in total. The van der Waals surface area contributed by atoms with E-state index in [-0.39, 0.29) is 22.4 Å². The standard InChI is InChI=1S/C19H16N4O3S2/c24-18(21-14-6-7-17-13(10-14)8-9-20-17)11-15-12-27-19(22-15)23-28(25,26)16-4-2-1-3-5-16/h1-10,12,20H,11H2,(H,21,24)(H,22,23). The van der Waals surface area contributed by atoms with Crippen molar-refractivity contribution in [2.24, 2.45) is 0 Å².